The quantitative estimate of drug-likeness (QED) is 0.494. The molecule has 2 aliphatic rings. The number of amides is 1. The number of rotatable bonds is 3. The van der Waals surface area contributed by atoms with Crippen molar-refractivity contribution in [3.8, 4) is 0 Å². The van der Waals surface area contributed by atoms with E-state index in [1.807, 2.05) is 0 Å². The molecule has 0 aromatic heterocycles. The fourth-order valence-corrected chi connectivity index (χ4v) is 3.62. The van der Waals surface area contributed by atoms with E-state index in [9.17, 15) is 9.59 Å². The molecule has 20 heavy (non-hydrogen) atoms. The average molecular weight is 322 g/mol. The molecule has 2 aliphatic carbocycles. The molecule has 0 spiro atoms. The Hall–Kier alpha value is -0.480. The summed E-state index contributed by atoms with van der Waals surface area (Å²) < 4.78 is 3.89. The zero-order valence-corrected chi connectivity index (χ0v) is 13.4. The van der Waals surface area contributed by atoms with E-state index in [1.54, 1.807) is 6.92 Å². The minimum atomic E-state index is -1.03. The van der Waals surface area contributed by atoms with Gasteiger partial charge in [0.1, 0.15) is 9.87 Å². The topological polar surface area (TPSA) is 55.4 Å². The van der Waals surface area contributed by atoms with Gasteiger partial charge in [0.25, 0.3) is 0 Å². The fraction of sp³-hybridized carbons (Fsp3) is 0.857. The second-order valence-electron chi connectivity index (χ2n) is 6.16. The van der Waals surface area contributed by atoms with Crippen LogP contribution in [0.4, 0.5) is 0 Å². The van der Waals surface area contributed by atoms with Crippen molar-refractivity contribution < 1.29 is 14.3 Å². The van der Waals surface area contributed by atoms with Crippen molar-refractivity contribution in [1.29, 1.82) is 0 Å². The Morgan fingerprint density at radius 3 is 2.00 bits per heavy atom. The first-order chi connectivity index (χ1) is 9.27. The lowest BCUT2D eigenvalue weighted by Crippen LogP contribution is -2.56. The largest absolute Gasteiger partial charge is 0.467 e. The van der Waals surface area contributed by atoms with Crippen molar-refractivity contribution in [3.05, 3.63) is 0 Å². The lowest BCUT2D eigenvalue weighted by atomic mass is 9.89. The molecule has 114 valence electrons. The first kappa shape index (κ1) is 15.9. The molecule has 6 heteroatoms. The van der Waals surface area contributed by atoms with E-state index in [1.165, 1.54) is 7.11 Å². The third kappa shape index (κ3) is 2.64. The molecule has 2 rings (SSSR count). The number of hydrogen-bond acceptors (Lipinski definition) is 3. The lowest BCUT2D eigenvalue weighted by Gasteiger charge is -2.32. The summed E-state index contributed by atoms with van der Waals surface area (Å²) in [5, 5.41) is 2.90. The highest BCUT2D eigenvalue weighted by atomic mass is 35.5. The smallest absolute Gasteiger partial charge is 0.331 e. The predicted molar refractivity (Wildman–Crippen MR) is 77.8 cm³/mol. The van der Waals surface area contributed by atoms with Crippen LogP contribution in [-0.4, -0.2) is 28.9 Å². The number of methoxy groups -OCH3 is 1. The Balaban J connectivity index is 2.16. The maximum Gasteiger partial charge on any atom is 0.331 e. The normalized spacial score (nSPS) is 31.0. The van der Waals surface area contributed by atoms with Gasteiger partial charge in [0, 0.05) is 0 Å². The Bertz CT molecular complexity index is 417. The Kier molecular flexibility index (Phi) is 4.27. The van der Waals surface area contributed by atoms with Crippen molar-refractivity contribution >= 4 is 35.1 Å². The van der Waals surface area contributed by atoms with Crippen molar-refractivity contribution in [3.63, 3.8) is 0 Å². The van der Waals surface area contributed by atoms with Crippen molar-refractivity contribution in [1.82, 2.24) is 5.32 Å². The first-order valence-corrected chi connectivity index (χ1v) is 7.82. The summed E-state index contributed by atoms with van der Waals surface area (Å²) in [7, 11) is 1.35. The zero-order chi connectivity index (χ0) is 15.0. The van der Waals surface area contributed by atoms with Gasteiger partial charge in [-0.1, -0.05) is 25.7 Å². The van der Waals surface area contributed by atoms with E-state index >= 15 is 0 Å². The number of carbonyl (C=O) groups excluding carboxylic acids is 2. The second-order valence-corrected chi connectivity index (χ2v) is 7.64. The molecule has 2 fully saturated rings. The molecular weight excluding hydrogens is 301 g/mol. The summed E-state index contributed by atoms with van der Waals surface area (Å²) in [6.45, 7) is 1.73. The molecule has 0 radical (unpaired) electrons. The van der Waals surface area contributed by atoms with Gasteiger partial charge in [-0.3, -0.25) is 4.79 Å². The van der Waals surface area contributed by atoms with Gasteiger partial charge >= 0.3 is 5.97 Å². The van der Waals surface area contributed by atoms with Crippen LogP contribution in [0.3, 0.4) is 0 Å². The fourth-order valence-electron chi connectivity index (χ4n) is 2.91. The Morgan fingerprint density at radius 1 is 1.10 bits per heavy atom. The van der Waals surface area contributed by atoms with Crippen molar-refractivity contribution in [2.75, 3.05) is 7.11 Å². The summed E-state index contributed by atoms with van der Waals surface area (Å²) in [6.07, 6.45) is 5.57. The van der Waals surface area contributed by atoms with Gasteiger partial charge in [-0.2, -0.15) is 0 Å². The van der Waals surface area contributed by atoms with Gasteiger partial charge in [0.05, 0.1) is 12.5 Å². The van der Waals surface area contributed by atoms with Gasteiger partial charge in [0.15, 0.2) is 0 Å². The molecule has 4 nitrogen and oxygen atoms in total. The van der Waals surface area contributed by atoms with Gasteiger partial charge in [-0.15, -0.1) is 23.2 Å². The van der Waals surface area contributed by atoms with Crippen LogP contribution in [0.5, 0.6) is 0 Å². The third-order valence-electron chi connectivity index (χ3n) is 4.65. The molecule has 0 heterocycles. The van der Waals surface area contributed by atoms with Gasteiger partial charge in [-0.25, -0.2) is 4.79 Å². The van der Waals surface area contributed by atoms with E-state index in [-0.39, 0.29) is 11.9 Å². The van der Waals surface area contributed by atoms with Crippen LogP contribution in [0.25, 0.3) is 0 Å². The molecule has 0 aromatic rings. The van der Waals surface area contributed by atoms with Crippen LogP contribution in [0, 0.1) is 5.41 Å². The zero-order valence-electron chi connectivity index (χ0n) is 11.9. The highest BCUT2D eigenvalue weighted by Crippen LogP contribution is 2.64. The second kappa shape index (κ2) is 5.38. The van der Waals surface area contributed by atoms with E-state index in [0.29, 0.717) is 19.3 Å². The minimum absolute atomic E-state index is 0.255. The predicted octanol–water partition coefficient (Wildman–Crippen LogP) is 2.95. The number of carbonyl (C=O) groups is 2. The van der Waals surface area contributed by atoms with E-state index in [0.717, 1.165) is 25.7 Å². The van der Waals surface area contributed by atoms with Crippen LogP contribution < -0.4 is 5.32 Å². The summed E-state index contributed by atoms with van der Waals surface area (Å²) in [4.78, 5) is 24.6. The van der Waals surface area contributed by atoms with Crippen LogP contribution in [0.2, 0.25) is 0 Å². The van der Waals surface area contributed by atoms with Gasteiger partial charge < -0.3 is 10.1 Å². The van der Waals surface area contributed by atoms with Gasteiger partial charge in [0.2, 0.25) is 5.91 Å². The number of alkyl halides is 2. The first-order valence-electron chi connectivity index (χ1n) is 7.06. The maximum atomic E-state index is 12.5. The van der Waals surface area contributed by atoms with E-state index in [2.05, 4.69) is 5.32 Å². The van der Waals surface area contributed by atoms with Crippen LogP contribution in [0.15, 0.2) is 0 Å². The van der Waals surface area contributed by atoms with Gasteiger partial charge in [-0.05, 0) is 26.2 Å². The SMILES string of the molecule is COC(=O)C1(NC(=O)[C@]2(C)CC2(Cl)Cl)CCCCCC1. The lowest BCUT2D eigenvalue weighted by molar-refractivity contribution is -0.152. The summed E-state index contributed by atoms with van der Waals surface area (Å²) in [6, 6.07) is 0. The molecular formula is C14H21Cl2NO3. The molecule has 0 saturated heterocycles. The number of esters is 1. The molecule has 0 bridgehead atoms. The Morgan fingerprint density at radius 2 is 1.60 bits per heavy atom. The highest BCUT2D eigenvalue weighted by Gasteiger charge is 2.68. The van der Waals surface area contributed by atoms with Crippen molar-refractivity contribution in [2.24, 2.45) is 5.41 Å². The molecule has 1 atom stereocenters. The van der Waals surface area contributed by atoms with Crippen LogP contribution in [-0.2, 0) is 14.3 Å². The number of ether oxygens (including phenoxy) is 1. The average Bonchev–Trinajstić information content (AvgIpc) is 3.01. The molecule has 0 unspecified atom stereocenters. The summed E-state index contributed by atoms with van der Waals surface area (Å²) in [5.41, 5.74) is -1.73. The Labute approximate surface area is 129 Å². The molecule has 0 aromatic carbocycles. The van der Waals surface area contributed by atoms with E-state index in [4.69, 9.17) is 27.9 Å². The van der Waals surface area contributed by atoms with Crippen molar-refractivity contribution in [2.45, 2.75) is 61.7 Å². The molecule has 0 aliphatic heterocycles. The monoisotopic (exact) mass is 321 g/mol. The minimum Gasteiger partial charge on any atom is -0.467 e. The van der Waals surface area contributed by atoms with E-state index < -0.39 is 15.3 Å². The molecule has 1 N–H and O–H groups in total. The third-order valence-corrected chi connectivity index (χ3v) is 5.75. The maximum absolute atomic E-state index is 12.5. The molecule has 1 amide bonds. The van der Waals surface area contributed by atoms with Crippen LogP contribution >= 0.6 is 23.2 Å². The number of hydrogen-bond donors (Lipinski definition) is 1. The number of halogens is 2. The van der Waals surface area contributed by atoms with Crippen LogP contribution in [0.1, 0.15) is 51.9 Å². The summed E-state index contributed by atoms with van der Waals surface area (Å²) in [5.74, 6) is -0.624. The summed E-state index contributed by atoms with van der Waals surface area (Å²) >= 11 is 12.1. The molecule has 2 saturated carbocycles. The highest BCUT2D eigenvalue weighted by molar-refractivity contribution is 6.53. The standard InChI is InChI=1S/C14H21Cl2NO3/c1-12(9-14(12,15)16)10(18)17-13(11(19)20-2)7-5-3-4-6-8-13/h3-9H2,1-2H3,(H,17,18)/t12-/m0/s1. The number of nitrogens with one attached hydrogen (secondary N) is 1.